The Kier molecular flexibility index (Phi) is 4.74. The van der Waals surface area contributed by atoms with Gasteiger partial charge in [-0.3, -0.25) is 9.59 Å². The van der Waals surface area contributed by atoms with E-state index >= 15 is 0 Å². The molecule has 0 fully saturated rings. The number of hydrogen-bond donors (Lipinski definition) is 2. The molecule has 0 bridgehead atoms. The number of esters is 1. The van der Waals surface area contributed by atoms with E-state index in [4.69, 9.17) is 10.8 Å². The van der Waals surface area contributed by atoms with Crippen LogP contribution in [-0.2, 0) is 14.3 Å². The second-order valence-electron chi connectivity index (χ2n) is 4.62. The highest BCUT2D eigenvalue weighted by Crippen LogP contribution is 2.29. The summed E-state index contributed by atoms with van der Waals surface area (Å²) in [4.78, 5) is 22.0. The lowest BCUT2D eigenvalue weighted by Gasteiger charge is -2.28. The van der Waals surface area contributed by atoms with Crippen LogP contribution in [0.4, 0.5) is 0 Å². The number of carboxylic acid groups (broad SMARTS) is 1. The fourth-order valence-electron chi connectivity index (χ4n) is 1.33. The molecule has 1 unspecified atom stereocenters. The molecule has 0 aliphatic heterocycles. The zero-order valence-corrected chi connectivity index (χ0v) is 9.61. The van der Waals surface area contributed by atoms with E-state index in [1.165, 1.54) is 7.11 Å². The van der Waals surface area contributed by atoms with Crippen LogP contribution in [0.3, 0.4) is 0 Å². The summed E-state index contributed by atoms with van der Waals surface area (Å²) in [7, 11) is 1.23. The smallest absolute Gasteiger partial charge is 0.322 e. The molecule has 0 saturated carbocycles. The Labute approximate surface area is 89.6 Å². The Morgan fingerprint density at radius 2 is 1.87 bits per heavy atom. The van der Waals surface area contributed by atoms with Crippen molar-refractivity contribution in [1.82, 2.24) is 0 Å². The van der Waals surface area contributed by atoms with E-state index in [0.717, 1.165) is 0 Å². The summed E-state index contributed by atoms with van der Waals surface area (Å²) in [5, 5.41) is 9.00. The zero-order valence-electron chi connectivity index (χ0n) is 9.61. The normalized spacial score (nSPS) is 15.5. The summed E-state index contributed by atoms with van der Waals surface area (Å²) in [6.45, 7) is 5.40. The molecule has 3 N–H and O–H groups in total. The van der Waals surface area contributed by atoms with Gasteiger partial charge >= 0.3 is 11.9 Å². The molecule has 0 saturated heterocycles. The third kappa shape index (κ3) is 4.29. The van der Waals surface area contributed by atoms with Crippen LogP contribution in [0.2, 0.25) is 0 Å². The maximum Gasteiger partial charge on any atom is 0.322 e. The SMILES string of the molecule is COC(=O)[C@@H](N)CC(C(=O)O)C(C)(C)C. The highest BCUT2D eigenvalue weighted by atomic mass is 16.5. The number of hydrogen-bond acceptors (Lipinski definition) is 4. The van der Waals surface area contributed by atoms with E-state index in [0.29, 0.717) is 0 Å². The second kappa shape index (κ2) is 5.11. The molecule has 0 aromatic carbocycles. The van der Waals surface area contributed by atoms with Crippen LogP contribution in [0.5, 0.6) is 0 Å². The first-order chi connectivity index (χ1) is 6.70. The highest BCUT2D eigenvalue weighted by Gasteiger charge is 2.34. The number of rotatable bonds is 4. The van der Waals surface area contributed by atoms with Crippen molar-refractivity contribution in [1.29, 1.82) is 0 Å². The summed E-state index contributed by atoms with van der Waals surface area (Å²) < 4.78 is 4.45. The van der Waals surface area contributed by atoms with E-state index < -0.39 is 29.3 Å². The molecule has 0 heterocycles. The van der Waals surface area contributed by atoms with Crippen LogP contribution in [0.1, 0.15) is 27.2 Å². The summed E-state index contributed by atoms with van der Waals surface area (Å²) >= 11 is 0. The van der Waals surface area contributed by atoms with Gasteiger partial charge in [-0.15, -0.1) is 0 Å². The standard InChI is InChI=1S/C10H19NO4/c1-10(2,3)6(8(12)13)5-7(11)9(14)15-4/h6-7H,5,11H2,1-4H3,(H,12,13)/t6?,7-/m0/s1. The fourth-order valence-corrected chi connectivity index (χ4v) is 1.33. The molecule has 0 rings (SSSR count). The summed E-state index contributed by atoms with van der Waals surface area (Å²) in [5.41, 5.74) is 5.09. The number of carbonyl (C=O) groups excluding carboxylic acids is 1. The minimum Gasteiger partial charge on any atom is -0.481 e. The average Bonchev–Trinajstić information content (AvgIpc) is 2.09. The van der Waals surface area contributed by atoms with Crippen LogP contribution in [0.25, 0.3) is 0 Å². The van der Waals surface area contributed by atoms with Crippen LogP contribution >= 0.6 is 0 Å². The summed E-state index contributed by atoms with van der Waals surface area (Å²) in [6, 6.07) is -0.879. The van der Waals surface area contributed by atoms with Crippen LogP contribution in [0, 0.1) is 11.3 Å². The molecular weight excluding hydrogens is 198 g/mol. The first kappa shape index (κ1) is 13.9. The van der Waals surface area contributed by atoms with Gasteiger partial charge in [-0.05, 0) is 11.8 Å². The van der Waals surface area contributed by atoms with Gasteiger partial charge in [0.15, 0.2) is 0 Å². The third-order valence-electron chi connectivity index (χ3n) is 2.34. The molecule has 0 radical (unpaired) electrons. The largest absolute Gasteiger partial charge is 0.481 e. The number of nitrogens with two attached hydrogens (primary N) is 1. The third-order valence-corrected chi connectivity index (χ3v) is 2.34. The van der Waals surface area contributed by atoms with Gasteiger partial charge < -0.3 is 15.6 Å². The molecule has 0 aliphatic rings. The Morgan fingerprint density at radius 1 is 1.40 bits per heavy atom. The van der Waals surface area contributed by atoms with Crippen molar-refractivity contribution >= 4 is 11.9 Å². The topological polar surface area (TPSA) is 89.6 Å². The minimum atomic E-state index is -0.943. The Morgan fingerprint density at radius 3 is 2.13 bits per heavy atom. The van der Waals surface area contributed by atoms with Crippen molar-refractivity contribution in [2.75, 3.05) is 7.11 Å². The van der Waals surface area contributed by atoms with Crippen molar-refractivity contribution in [3.63, 3.8) is 0 Å². The van der Waals surface area contributed by atoms with Gasteiger partial charge in [0.25, 0.3) is 0 Å². The van der Waals surface area contributed by atoms with Gasteiger partial charge in [-0.2, -0.15) is 0 Å². The van der Waals surface area contributed by atoms with Crippen LogP contribution < -0.4 is 5.73 Å². The quantitative estimate of drug-likeness (QED) is 0.674. The van der Waals surface area contributed by atoms with Gasteiger partial charge in [0.2, 0.25) is 0 Å². The molecule has 5 nitrogen and oxygen atoms in total. The fraction of sp³-hybridized carbons (Fsp3) is 0.800. The van der Waals surface area contributed by atoms with E-state index in [-0.39, 0.29) is 6.42 Å². The molecule has 0 aliphatic carbocycles. The predicted octanol–water partition coefficient (Wildman–Crippen LogP) is 0.624. The van der Waals surface area contributed by atoms with E-state index in [1.54, 1.807) is 20.8 Å². The van der Waals surface area contributed by atoms with Crippen LogP contribution in [-0.4, -0.2) is 30.2 Å². The monoisotopic (exact) mass is 217 g/mol. The average molecular weight is 217 g/mol. The highest BCUT2D eigenvalue weighted by molar-refractivity contribution is 5.77. The molecule has 5 heteroatoms. The molecule has 0 spiro atoms. The van der Waals surface area contributed by atoms with Crippen molar-refractivity contribution in [3.8, 4) is 0 Å². The Bertz CT molecular complexity index is 244. The molecule has 2 atom stereocenters. The van der Waals surface area contributed by atoms with E-state index in [1.807, 2.05) is 0 Å². The molecule has 0 amide bonds. The number of carboxylic acids is 1. The van der Waals surface area contributed by atoms with Gasteiger partial charge in [-0.1, -0.05) is 20.8 Å². The Balaban J connectivity index is 4.57. The van der Waals surface area contributed by atoms with Crippen molar-refractivity contribution in [3.05, 3.63) is 0 Å². The van der Waals surface area contributed by atoms with Gasteiger partial charge in [0, 0.05) is 0 Å². The molecule has 88 valence electrons. The number of aliphatic carboxylic acids is 1. The first-order valence-electron chi connectivity index (χ1n) is 4.76. The molecule has 15 heavy (non-hydrogen) atoms. The van der Waals surface area contributed by atoms with E-state index in [9.17, 15) is 9.59 Å². The zero-order chi connectivity index (χ0) is 12.2. The van der Waals surface area contributed by atoms with Crippen molar-refractivity contribution in [2.24, 2.45) is 17.1 Å². The second-order valence-corrected chi connectivity index (χ2v) is 4.62. The minimum absolute atomic E-state index is 0.0888. The number of carbonyl (C=O) groups is 2. The van der Waals surface area contributed by atoms with E-state index in [2.05, 4.69) is 4.74 Å². The molecule has 0 aromatic heterocycles. The molecule has 0 aromatic rings. The van der Waals surface area contributed by atoms with Gasteiger partial charge in [-0.25, -0.2) is 0 Å². The van der Waals surface area contributed by atoms with Crippen LogP contribution in [0.15, 0.2) is 0 Å². The number of ether oxygens (including phenoxy) is 1. The predicted molar refractivity (Wildman–Crippen MR) is 55.2 cm³/mol. The first-order valence-corrected chi connectivity index (χ1v) is 4.76. The number of methoxy groups -OCH3 is 1. The maximum absolute atomic E-state index is 11.1. The Hall–Kier alpha value is -1.10. The summed E-state index contributed by atoms with van der Waals surface area (Å²) in [5.74, 6) is -2.18. The van der Waals surface area contributed by atoms with Gasteiger partial charge in [0.05, 0.1) is 13.0 Å². The lowest BCUT2D eigenvalue weighted by Crippen LogP contribution is -2.39. The molecular formula is C10H19NO4. The lowest BCUT2D eigenvalue weighted by atomic mass is 9.77. The summed E-state index contributed by atoms with van der Waals surface area (Å²) in [6.07, 6.45) is 0.0888. The van der Waals surface area contributed by atoms with Crippen molar-refractivity contribution < 1.29 is 19.4 Å². The van der Waals surface area contributed by atoms with Crippen molar-refractivity contribution in [2.45, 2.75) is 33.2 Å². The lowest BCUT2D eigenvalue weighted by molar-refractivity contribution is -0.148. The maximum atomic E-state index is 11.1. The van der Waals surface area contributed by atoms with Gasteiger partial charge in [0.1, 0.15) is 6.04 Å².